The zero-order valence-corrected chi connectivity index (χ0v) is 20.7. The van der Waals surface area contributed by atoms with E-state index < -0.39 is 12.0 Å². The Labute approximate surface area is 138 Å². The predicted molar refractivity (Wildman–Crippen MR) is 103 cm³/mol. The van der Waals surface area contributed by atoms with Crippen molar-refractivity contribution < 1.29 is 12.0 Å². The third-order valence-corrected chi connectivity index (χ3v) is 29.9. The quantitative estimate of drug-likeness (QED) is 0.437. The zero-order valence-electron chi connectivity index (χ0n) is 15.3. The first kappa shape index (κ1) is 19.0. The minimum absolute atomic E-state index is 0.304. The Balaban J connectivity index is 3.01. The molecule has 0 amide bonds. The van der Waals surface area contributed by atoms with Gasteiger partial charge in [0.15, 0.2) is 0 Å². The molecular formula is C18H30Cl2SiZr. The van der Waals surface area contributed by atoms with Crippen molar-refractivity contribution in [2.24, 2.45) is 11.8 Å². The van der Waals surface area contributed by atoms with Gasteiger partial charge in [-0.1, -0.05) is 0 Å². The molecule has 0 fully saturated rings. The monoisotopic (exact) mass is 434 g/mol. The van der Waals surface area contributed by atoms with Crippen molar-refractivity contribution in [2.45, 2.75) is 50.8 Å². The second kappa shape index (κ2) is 4.06. The van der Waals surface area contributed by atoms with Crippen LogP contribution in [0.5, 0.6) is 0 Å². The van der Waals surface area contributed by atoms with E-state index in [9.17, 15) is 0 Å². The van der Waals surface area contributed by atoms with Crippen LogP contribution in [0.4, 0.5) is 0 Å². The first-order valence-corrected chi connectivity index (χ1v) is 27.8. The Morgan fingerprint density at radius 3 is 1.27 bits per heavy atom. The summed E-state index contributed by atoms with van der Waals surface area (Å²) in [5.74, 6) is 0.607. The number of hydrogen-bond acceptors (Lipinski definition) is 0. The summed E-state index contributed by atoms with van der Waals surface area (Å²) in [5.41, 5.74) is 5.25. The average Bonchev–Trinajstić information content (AvgIpc) is 2.64. The summed E-state index contributed by atoms with van der Waals surface area (Å²) in [6, 6.07) is 0. The third kappa shape index (κ3) is 2.48. The van der Waals surface area contributed by atoms with E-state index >= 15 is 0 Å². The van der Waals surface area contributed by atoms with Crippen LogP contribution in [0.25, 0.3) is 0 Å². The summed E-state index contributed by atoms with van der Waals surface area (Å²) in [6.07, 6.45) is 4.64. The molecule has 22 heavy (non-hydrogen) atoms. The maximum atomic E-state index is 7.81. The predicted octanol–water partition coefficient (Wildman–Crippen LogP) is 6.44. The van der Waals surface area contributed by atoms with Crippen LogP contribution in [0.3, 0.4) is 0 Å². The van der Waals surface area contributed by atoms with Gasteiger partial charge in [0.05, 0.1) is 0 Å². The fourth-order valence-corrected chi connectivity index (χ4v) is 38.4. The van der Waals surface area contributed by atoms with E-state index in [2.05, 4.69) is 63.0 Å². The average molecular weight is 437 g/mol. The SMILES string of the molecule is CC1=CC(C)[C]([Zr]([CH3])([CH3])(=[SiH2])([Cl])([Cl])[C]2=C(C)C(C)=CC2C)=C1C. The maximum absolute atomic E-state index is 7.81. The van der Waals surface area contributed by atoms with Gasteiger partial charge in [-0.15, -0.1) is 0 Å². The summed E-state index contributed by atoms with van der Waals surface area (Å²) < 4.78 is 7.03. The van der Waals surface area contributed by atoms with Crippen LogP contribution in [0, 0.1) is 11.8 Å². The molecule has 0 nitrogen and oxygen atoms in total. The van der Waals surface area contributed by atoms with E-state index in [-0.39, 0.29) is 0 Å². The fraction of sp³-hybridized carbons (Fsp3) is 0.556. The van der Waals surface area contributed by atoms with E-state index in [1.165, 1.54) is 28.9 Å². The first-order valence-electron chi connectivity index (χ1n) is 8.21. The molecular weight excluding hydrogens is 406 g/mol. The van der Waals surface area contributed by atoms with Crippen molar-refractivity contribution in [3.63, 3.8) is 0 Å². The molecule has 0 saturated carbocycles. The summed E-state index contributed by atoms with van der Waals surface area (Å²) in [7, 11) is 15.6. The molecule has 0 spiro atoms. The van der Waals surface area contributed by atoms with Gasteiger partial charge >= 0.3 is 140 Å². The fourth-order valence-electron chi connectivity index (χ4n) is 5.71. The molecule has 124 valence electrons. The Hall–Kier alpha value is 0.640. The second-order valence-electron chi connectivity index (χ2n) is 9.51. The summed E-state index contributed by atoms with van der Waals surface area (Å²) in [4.78, 5) is 0. The summed E-state index contributed by atoms with van der Waals surface area (Å²) >= 11 is -5.26. The molecule has 0 saturated heterocycles. The Bertz CT molecular complexity index is 766. The first-order chi connectivity index (χ1) is 9.42. The minimum atomic E-state index is -5.26. The van der Waals surface area contributed by atoms with E-state index in [1.54, 1.807) is 0 Å². The van der Waals surface area contributed by atoms with Crippen molar-refractivity contribution in [1.82, 2.24) is 0 Å². The molecule has 0 N–H and O–H groups in total. The van der Waals surface area contributed by atoms with Crippen molar-refractivity contribution in [3.05, 3.63) is 41.0 Å². The second-order valence-corrected chi connectivity index (χ2v) is 74.6. The summed E-state index contributed by atoms with van der Waals surface area (Å²) in [5, 5.41) is 0. The van der Waals surface area contributed by atoms with E-state index in [1.807, 2.05) is 6.88 Å². The molecule has 2 atom stereocenters. The number of halogens is 2. The Morgan fingerprint density at radius 1 is 0.818 bits per heavy atom. The normalized spacial score (nSPS) is 31.5. The van der Waals surface area contributed by atoms with Crippen LogP contribution in [0.15, 0.2) is 41.0 Å². The van der Waals surface area contributed by atoms with Gasteiger partial charge < -0.3 is 0 Å². The molecule has 2 aliphatic carbocycles. The van der Waals surface area contributed by atoms with Gasteiger partial charge in [-0.2, -0.15) is 0 Å². The molecule has 2 rings (SSSR count). The van der Waals surface area contributed by atoms with Crippen LogP contribution < -0.4 is 0 Å². The van der Waals surface area contributed by atoms with Crippen LogP contribution in [0.1, 0.15) is 41.5 Å². The van der Waals surface area contributed by atoms with Gasteiger partial charge in [0.25, 0.3) is 0 Å². The van der Waals surface area contributed by atoms with Crippen molar-refractivity contribution >= 4 is 23.9 Å². The Kier molecular flexibility index (Phi) is 3.50. The van der Waals surface area contributed by atoms with Gasteiger partial charge in [0, 0.05) is 0 Å². The molecule has 0 aromatic heterocycles. The van der Waals surface area contributed by atoms with Gasteiger partial charge in [0.2, 0.25) is 0 Å². The number of rotatable bonds is 2. The van der Waals surface area contributed by atoms with E-state index in [0.29, 0.717) is 11.8 Å². The molecule has 4 heteroatoms. The topological polar surface area (TPSA) is 0 Å². The number of hydrogen-bond donors (Lipinski definition) is 0. The van der Waals surface area contributed by atoms with Gasteiger partial charge in [-0.25, -0.2) is 0 Å². The summed E-state index contributed by atoms with van der Waals surface area (Å²) in [6.45, 7) is 15.1. The standard InChI is InChI=1S/2C8H11.2CH3.2ClH.H2Si.Zr/c2*1-6-4-7(2)8(3)5-6;;;;;;/h2*4,6H,1-3H3;2*1H3;2*1H;1H2;/q;;;;;;;+2/p-2. The molecule has 2 aliphatic rings. The molecule has 2 unspecified atom stereocenters. The van der Waals surface area contributed by atoms with Crippen molar-refractivity contribution in [3.8, 4) is 0 Å². The van der Waals surface area contributed by atoms with Gasteiger partial charge in [-0.05, 0) is 0 Å². The van der Waals surface area contributed by atoms with Crippen LogP contribution >= 0.6 is 17.0 Å². The molecule has 0 radical (unpaired) electrons. The van der Waals surface area contributed by atoms with Gasteiger partial charge in [-0.3, -0.25) is 0 Å². The van der Waals surface area contributed by atoms with Crippen molar-refractivity contribution in [1.29, 1.82) is 0 Å². The molecule has 0 bridgehead atoms. The number of allylic oxidation sites excluding steroid dienone is 8. The van der Waals surface area contributed by atoms with Crippen LogP contribution in [-0.4, -0.2) is 6.88 Å². The third-order valence-electron chi connectivity index (χ3n) is 6.04. The Morgan fingerprint density at radius 2 is 1.09 bits per heavy atom. The van der Waals surface area contributed by atoms with E-state index in [4.69, 9.17) is 17.0 Å². The van der Waals surface area contributed by atoms with Crippen molar-refractivity contribution in [2.75, 3.05) is 0 Å². The molecule has 0 aromatic rings. The zero-order chi connectivity index (χ0) is 17.4. The molecule has 0 aliphatic heterocycles. The van der Waals surface area contributed by atoms with Gasteiger partial charge in [0.1, 0.15) is 0 Å². The van der Waals surface area contributed by atoms with E-state index in [0.717, 1.165) is 0 Å². The molecule has 0 aromatic carbocycles. The van der Waals surface area contributed by atoms with Crippen LogP contribution in [-0.2, 0) is 12.0 Å². The van der Waals surface area contributed by atoms with Crippen LogP contribution in [0.2, 0.25) is 9.26 Å². The molecule has 0 heterocycles.